The molecule has 0 spiro atoms. The number of ether oxygens (including phenoxy) is 1. The molecule has 3 aliphatic rings. The minimum atomic E-state index is -1.11. The molecule has 2 fully saturated rings. The summed E-state index contributed by atoms with van der Waals surface area (Å²) in [6.07, 6.45) is 4.98. The fourth-order valence-electron chi connectivity index (χ4n) is 5.72. The largest absolute Gasteiger partial charge is 0.454 e. The van der Waals surface area contributed by atoms with Gasteiger partial charge in [-0.15, -0.1) is 0 Å². The first-order valence-electron chi connectivity index (χ1n) is 12.0. The van der Waals surface area contributed by atoms with Crippen LogP contribution in [0.25, 0.3) is 0 Å². The number of aryl methyl sites for hydroxylation is 2. The molecule has 5 rings (SSSR count). The molecule has 5 atom stereocenters. The zero-order chi connectivity index (χ0) is 24.7. The minimum Gasteiger partial charge on any atom is -0.454 e. The average Bonchev–Trinajstić information content (AvgIpc) is 3.52. The first kappa shape index (κ1) is 23.0. The fourth-order valence-corrected chi connectivity index (χ4v) is 5.72. The highest BCUT2D eigenvalue weighted by Gasteiger charge is 2.61. The van der Waals surface area contributed by atoms with Crippen molar-refractivity contribution in [2.75, 3.05) is 11.9 Å². The lowest BCUT2D eigenvalue weighted by Gasteiger charge is -2.26. The van der Waals surface area contributed by atoms with Crippen LogP contribution in [0.3, 0.4) is 0 Å². The molecule has 180 valence electrons. The molecule has 35 heavy (non-hydrogen) atoms. The Morgan fingerprint density at radius 2 is 1.66 bits per heavy atom. The highest BCUT2D eigenvalue weighted by Crippen LogP contribution is 2.53. The maximum atomic E-state index is 13.4. The van der Waals surface area contributed by atoms with E-state index in [4.69, 9.17) is 4.74 Å². The van der Waals surface area contributed by atoms with Gasteiger partial charge in [-0.25, -0.2) is 4.79 Å². The minimum absolute atomic E-state index is 0.0448. The number of benzene rings is 2. The summed E-state index contributed by atoms with van der Waals surface area (Å²) in [5.74, 6) is -2.59. The molecule has 1 heterocycles. The second-order valence-corrected chi connectivity index (χ2v) is 9.73. The van der Waals surface area contributed by atoms with Crippen molar-refractivity contribution in [2.24, 2.45) is 23.7 Å². The Kier molecular flexibility index (Phi) is 6.01. The van der Waals surface area contributed by atoms with Gasteiger partial charge >= 0.3 is 5.97 Å². The number of rotatable bonds is 7. The molecule has 1 saturated carbocycles. The van der Waals surface area contributed by atoms with E-state index in [1.54, 1.807) is 6.07 Å². The van der Waals surface area contributed by atoms with E-state index in [0.717, 1.165) is 28.0 Å². The van der Waals surface area contributed by atoms with E-state index >= 15 is 0 Å². The van der Waals surface area contributed by atoms with Crippen molar-refractivity contribution in [2.45, 2.75) is 32.7 Å². The standard InChI is InChI=1S/C28H28N2O5/c1-16-8-11-21(17(2)12-16)29-23(31)15-35-28(34)22(13-18-6-4-3-5-7-18)30-26(32)24-19-9-10-20(14-19)25(24)27(30)33/h3-12,19-20,22,24-25H,13-15H2,1-2H3,(H,29,31)/t19-,20-,22-,24-,25-/m0/s1. The van der Waals surface area contributed by atoms with Gasteiger partial charge in [0.25, 0.3) is 5.91 Å². The van der Waals surface area contributed by atoms with Gasteiger partial charge in [-0.3, -0.25) is 19.3 Å². The maximum absolute atomic E-state index is 13.4. The molecule has 7 heteroatoms. The van der Waals surface area contributed by atoms with Crippen LogP contribution in [0.15, 0.2) is 60.7 Å². The Bertz CT molecular complexity index is 1190. The van der Waals surface area contributed by atoms with E-state index in [1.807, 2.05) is 68.5 Å². The first-order chi connectivity index (χ1) is 16.8. The molecule has 1 saturated heterocycles. The van der Waals surface area contributed by atoms with E-state index in [2.05, 4.69) is 5.32 Å². The number of nitrogens with zero attached hydrogens (tertiary/aromatic N) is 1. The second kappa shape index (κ2) is 9.13. The van der Waals surface area contributed by atoms with Crippen LogP contribution in [0.1, 0.15) is 23.1 Å². The van der Waals surface area contributed by atoms with Crippen LogP contribution in [0.5, 0.6) is 0 Å². The van der Waals surface area contributed by atoms with Crippen LogP contribution in [-0.2, 0) is 30.3 Å². The Morgan fingerprint density at radius 1 is 1.00 bits per heavy atom. The molecule has 2 aromatic rings. The van der Waals surface area contributed by atoms with Gasteiger partial charge in [0.15, 0.2) is 6.61 Å². The number of anilines is 1. The molecule has 2 bridgehead atoms. The molecule has 3 amide bonds. The predicted molar refractivity (Wildman–Crippen MR) is 129 cm³/mol. The topological polar surface area (TPSA) is 92.8 Å². The number of esters is 1. The Balaban J connectivity index is 1.32. The zero-order valence-corrected chi connectivity index (χ0v) is 19.8. The smallest absolute Gasteiger partial charge is 0.330 e. The van der Waals surface area contributed by atoms with Gasteiger partial charge in [-0.2, -0.15) is 0 Å². The molecule has 0 unspecified atom stereocenters. The molecule has 0 radical (unpaired) electrons. The van der Waals surface area contributed by atoms with Crippen molar-refractivity contribution >= 4 is 29.4 Å². The number of carbonyl (C=O) groups excluding carboxylic acids is 4. The molecule has 7 nitrogen and oxygen atoms in total. The van der Waals surface area contributed by atoms with Crippen molar-refractivity contribution in [3.05, 3.63) is 77.4 Å². The van der Waals surface area contributed by atoms with Crippen molar-refractivity contribution < 1.29 is 23.9 Å². The van der Waals surface area contributed by atoms with E-state index in [9.17, 15) is 19.2 Å². The lowest BCUT2D eigenvalue weighted by Crippen LogP contribution is -2.48. The molecule has 2 aromatic carbocycles. The normalized spacial score (nSPS) is 25.0. The van der Waals surface area contributed by atoms with Crippen LogP contribution in [0.4, 0.5) is 5.69 Å². The molecule has 0 aromatic heterocycles. The summed E-state index contributed by atoms with van der Waals surface area (Å²) in [6, 6.07) is 13.7. The van der Waals surface area contributed by atoms with Gasteiger partial charge < -0.3 is 10.1 Å². The third-order valence-corrected chi connectivity index (χ3v) is 7.36. The van der Waals surface area contributed by atoms with Crippen molar-refractivity contribution in [3.63, 3.8) is 0 Å². The SMILES string of the molecule is Cc1ccc(NC(=O)COC(=O)[C@H](Cc2ccccc2)N2C(=O)[C@@H]3[C@@H](C2=O)[C@H]2C=C[C@H]3C2)c(C)c1. The third-order valence-electron chi connectivity index (χ3n) is 7.36. The van der Waals surface area contributed by atoms with Gasteiger partial charge in [-0.1, -0.05) is 60.2 Å². The van der Waals surface area contributed by atoms with E-state index in [1.165, 1.54) is 0 Å². The Morgan fingerprint density at radius 3 is 2.29 bits per heavy atom. The van der Waals surface area contributed by atoms with Crippen molar-refractivity contribution in [3.8, 4) is 0 Å². The highest BCUT2D eigenvalue weighted by atomic mass is 16.5. The predicted octanol–water partition coefficient (Wildman–Crippen LogP) is 3.20. The molecule has 1 aliphatic heterocycles. The Labute approximate surface area is 204 Å². The number of hydrogen-bond donors (Lipinski definition) is 1. The fraction of sp³-hybridized carbons (Fsp3) is 0.357. The quantitative estimate of drug-likeness (QED) is 0.380. The number of likely N-dealkylation sites (tertiary alicyclic amines) is 1. The summed E-state index contributed by atoms with van der Waals surface area (Å²) in [7, 11) is 0. The lowest BCUT2D eigenvalue weighted by molar-refractivity contribution is -0.160. The van der Waals surface area contributed by atoms with Gasteiger partial charge in [0.1, 0.15) is 6.04 Å². The van der Waals surface area contributed by atoms with Crippen LogP contribution in [-0.4, -0.2) is 41.2 Å². The van der Waals surface area contributed by atoms with Gasteiger partial charge in [0.05, 0.1) is 11.8 Å². The second-order valence-electron chi connectivity index (χ2n) is 9.73. The first-order valence-corrected chi connectivity index (χ1v) is 12.0. The van der Waals surface area contributed by atoms with E-state index < -0.39 is 36.4 Å². The summed E-state index contributed by atoms with van der Waals surface area (Å²) in [6.45, 7) is 3.34. The number of carbonyl (C=O) groups is 4. The summed E-state index contributed by atoms with van der Waals surface area (Å²) in [5.41, 5.74) is 3.41. The van der Waals surface area contributed by atoms with Gasteiger partial charge in [0, 0.05) is 12.1 Å². The molecular formula is C28H28N2O5. The average molecular weight is 473 g/mol. The molecule has 1 N–H and O–H groups in total. The highest BCUT2D eigenvalue weighted by molar-refractivity contribution is 6.09. The van der Waals surface area contributed by atoms with Gasteiger partial charge in [-0.05, 0) is 49.3 Å². The lowest BCUT2D eigenvalue weighted by atomic mass is 9.85. The van der Waals surface area contributed by atoms with Gasteiger partial charge in [0.2, 0.25) is 11.8 Å². The summed E-state index contributed by atoms with van der Waals surface area (Å²) < 4.78 is 5.36. The Hall–Kier alpha value is -3.74. The molecule has 2 aliphatic carbocycles. The number of imide groups is 1. The zero-order valence-electron chi connectivity index (χ0n) is 19.8. The summed E-state index contributed by atoms with van der Waals surface area (Å²) >= 11 is 0. The van der Waals surface area contributed by atoms with E-state index in [-0.39, 0.29) is 30.1 Å². The van der Waals surface area contributed by atoms with Crippen molar-refractivity contribution in [1.29, 1.82) is 0 Å². The third kappa shape index (κ3) is 4.27. The van der Waals surface area contributed by atoms with Crippen LogP contribution in [0.2, 0.25) is 0 Å². The number of allylic oxidation sites excluding steroid dienone is 2. The summed E-state index contributed by atoms with van der Waals surface area (Å²) in [4.78, 5) is 53.5. The molecular weight excluding hydrogens is 444 g/mol. The monoisotopic (exact) mass is 472 g/mol. The number of amides is 3. The van der Waals surface area contributed by atoms with Crippen LogP contribution < -0.4 is 5.32 Å². The van der Waals surface area contributed by atoms with E-state index in [0.29, 0.717) is 5.69 Å². The number of hydrogen-bond acceptors (Lipinski definition) is 5. The maximum Gasteiger partial charge on any atom is 0.330 e. The number of fused-ring (bicyclic) bond motifs is 5. The van der Waals surface area contributed by atoms with Crippen molar-refractivity contribution in [1.82, 2.24) is 4.90 Å². The van der Waals surface area contributed by atoms with Crippen LogP contribution >= 0.6 is 0 Å². The number of nitrogens with one attached hydrogen (secondary N) is 1. The van der Waals surface area contributed by atoms with Crippen LogP contribution in [0, 0.1) is 37.5 Å². The summed E-state index contributed by atoms with van der Waals surface area (Å²) in [5, 5.41) is 2.75.